The number of rotatable bonds is 43. The molecule has 3 rings (SSSR count). The fraction of sp³-hybridized carbons (Fsp3) is 0.673. The van der Waals surface area contributed by atoms with Crippen LogP contribution in [-0.4, -0.2) is 168 Å². The molecule has 0 saturated carbocycles. The number of hydrogen-bond donors (Lipinski definition) is 11. The van der Waals surface area contributed by atoms with Crippen LogP contribution in [0.4, 0.5) is 0 Å². The van der Waals surface area contributed by atoms with Crippen molar-refractivity contribution in [2.24, 2.45) is 17.4 Å². The molecule has 1 aromatic carbocycles. The number of aryl methyl sites for hydroxylation is 2. The van der Waals surface area contributed by atoms with Crippen molar-refractivity contribution >= 4 is 41.4 Å². The standard InChI is InChI=1S/C52H89N17O8/c1-5-7-11-22-59-49(73)44(34-47(71)58-27-25-56-23-20-54)62-52(76)45(35-48(72)57-26-24-55-21-13-19-53)63-50(74)42(32-38(3)4)61-51(75)43(33-39-15-9-8-10-16-39)60-46(70)18-12-17-41-37-69(67-65-41)29-31-77-30-28-68-36-40(14-6-2)64-66-68/h8-10,15-16,36-38,42-45,55-56H,5-7,11-14,17-35,53-54H2,1-4H3,(H,57,72)(H,58,71)(H,59,73)(H,60,70)(H,61,75)(H,62,76)(H,63,74)/t42-,43+,44-,45+/m0/s1. The Morgan fingerprint density at radius 2 is 1.13 bits per heavy atom. The lowest BCUT2D eigenvalue weighted by Crippen LogP contribution is -2.59. The van der Waals surface area contributed by atoms with Gasteiger partial charge < -0.3 is 64.1 Å². The smallest absolute Gasteiger partial charge is 0.243 e. The Bertz CT molecular complexity index is 2170. The lowest BCUT2D eigenvalue weighted by atomic mass is 10.00. The molecule has 0 radical (unpaired) electrons. The van der Waals surface area contributed by atoms with E-state index in [9.17, 15) is 33.6 Å². The predicted molar refractivity (Wildman–Crippen MR) is 291 cm³/mol. The molecule has 25 heteroatoms. The monoisotopic (exact) mass is 1080 g/mol. The van der Waals surface area contributed by atoms with E-state index < -0.39 is 72.5 Å². The minimum atomic E-state index is -1.54. The van der Waals surface area contributed by atoms with Gasteiger partial charge in [-0.15, -0.1) is 10.2 Å². The number of benzene rings is 1. The highest BCUT2D eigenvalue weighted by atomic mass is 16.5. The van der Waals surface area contributed by atoms with E-state index in [-0.39, 0.29) is 44.2 Å². The third kappa shape index (κ3) is 28.5. The Morgan fingerprint density at radius 3 is 1.71 bits per heavy atom. The molecule has 0 spiro atoms. The Hall–Kier alpha value is -6.41. The van der Waals surface area contributed by atoms with Gasteiger partial charge in [0.1, 0.15) is 24.2 Å². The highest BCUT2D eigenvalue weighted by Gasteiger charge is 2.33. The molecule has 13 N–H and O–H groups in total. The van der Waals surface area contributed by atoms with E-state index in [0.29, 0.717) is 97.1 Å². The summed E-state index contributed by atoms with van der Waals surface area (Å²) in [5.41, 5.74) is 13.5. The molecule has 430 valence electrons. The number of unbranched alkanes of at least 4 members (excludes halogenated alkanes) is 2. The number of carbonyl (C=O) groups excluding carboxylic acids is 7. The summed E-state index contributed by atoms with van der Waals surface area (Å²) in [5.74, 6) is -4.53. The Balaban J connectivity index is 1.72. The molecule has 7 amide bonds. The van der Waals surface area contributed by atoms with Crippen molar-refractivity contribution in [3.63, 3.8) is 0 Å². The Kier molecular flexibility index (Phi) is 32.9. The van der Waals surface area contributed by atoms with E-state index in [1.807, 2.05) is 57.3 Å². The van der Waals surface area contributed by atoms with Gasteiger partial charge in [0.25, 0.3) is 0 Å². The van der Waals surface area contributed by atoms with Gasteiger partial charge in [0.05, 0.1) is 50.5 Å². The third-order valence-electron chi connectivity index (χ3n) is 12.0. The van der Waals surface area contributed by atoms with Crippen LogP contribution in [-0.2, 0) is 70.7 Å². The van der Waals surface area contributed by atoms with Crippen LogP contribution in [0.2, 0.25) is 0 Å². The molecule has 0 fully saturated rings. The second-order valence-corrected chi connectivity index (χ2v) is 19.3. The number of amides is 7. The number of hydrogen-bond acceptors (Lipinski definition) is 16. The van der Waals surface area contributed by atoms with E-state index >= 15 is 0 Å². The maximum Gasteiger partial charge on any atom is 0.243 e. The van der Waals surface area contributed by atoms with Crippen LogP contribution in [0, 0.1) is 5.92 Å². The normalized spacial score (nSPS) is 12.8. The maximum atomic E-state index is 14.4. The highest BCUT2D eigenvalue weighted by Crippen LogP contribution is 2.11. The van der Waals surface area contributed by atoms with Gasteiger partial charge in [-0.1, -0.05) is 87.7 Å². The third-order valence-corrected chi connectivity index (χ3v) is 12.0. The second-order valence-electron chi connectivity index (χ2n) is 19.3. The van der Waals surface area contributed by atoms with E-state index in [4.69, 9.17) is 16.2 Å². The highest BCUT2D eigenvalue weighted by molar-refractivity contribution is 5.98. The minimum Gasteiger partial charge on any atom is -0.378 e. The lowest BCUT2D eigenvalue weighted by Gasteiger charge is -2.27. The van der Waals surface area contributed by atoms with Gasteiger partial charge in [0.15, 0.2) is 0 Å². The molecule has 4 atom stereocenters. The zero-order valence-corrected chi connectivity index (χ0v) is 45.9. The maximum absolute atomic E-state index is 14.4. The second kappa shape index (κ2) is 39.0. The Labute approximate surface area is 453 Å². The van der Waals surface area contributed by atoms with Crippen LogP contribution < -0.4 is 59.3 Å². The first-order chi connectivity index (χ1) is 37.2. The minimum absolute atomic E-state index is 0.0702. The van der Waals surface area contributed by atoms with Crippen LogP contribution in [0.5, 0.6) is 0 Å². The summed E-state index contributed by atoms with van der Waals surface area (Å²) < 4.78 is 9.21. The van der Waals surface area contributed by atoms with Crippen LogP contribution >= 0.6 is 0 Å². The molecular formula is C52H89N17O8. The molecule has 25 nitrogen and oxygen atoms in total. The fourth-order valence-electron chi connectivity index (χ4n) is 7.88. The summed E-state index contributed by atoms with van der Waals surface area (Å²) in [7, 11) is 0. The van der Waals surface area contributed by atoms with E-state index in [1.54, 1.807) is 15.6 Å². The van der Waals surface area contributed by atoms with Crippen LogP contribution in [0.15, 0.2) is 42.7 Å². The number of ether oxygens (including phenoxy) is 1. The first-order valence-electron chi connectivity index (χ1n) is 27.5. The number of aromatic nitrogens is 6. The van der Waals surface area contributed by atoms with Gasteiger partial charge in [-0.3, -0.25) is 33.6 Å². The average Bonchev–Trinajstić information content (AvgIpc) is 4.07. The summed E-state index contributed by atoms with van der Waals surface area (Å²) in [6.07, 6.45) is 9.01. The number of nitrogens with two attached hydrogens (primary N) is 2. The Morgan fingerprint density at radius 1 is 0.558 bits per heavy atom. The molecule has 0 aliphatic heterocycles. The lowest BCUT2D eigenvalue weighted by molar-refractivity contribution is -0.136. The largest absolute Gasteiger partial charge is 0.378 e. The van der Waals surface area contributed by atoms with Gasteiger partial charge in [-0.25, -0.2) is 9.36 Å². The molecule has 77 heavy (non-hydrogen) atoms. The summed E-state index contributed by atoms with van der Waals surface area (Å²) in [5, 5.41) is 42.2. The van der Waals surface area contributed by atoms with Crippen LogP contribution in [0.1, 0.15) is 109 Å². The van der Waals surface area contributed by atoms with Crippen molar-refractivity contribution in [1.29, 1.82) is 0 Å². The van der Waals surface area contributed by atoms with Crippen molar-refractivity contribution < 1.29 is 38.3 Å². The van der Waals surface area contributed by atoms with Crippen molar-refractivity contribution in [1.82, 2.24) is 77.8 Å². The first-order valence-corrected chi connectivity index (χ1v) is 27.5. The number of carbonyl (C=O) groups is 7. The van der Waals surface area contributed by atoms with E-state index in [0.717, 1.165) is 43.4 Å². The van der Waals surface area contributed by atoms with Crippen molar-refractivity contribution in [3.8, 4) is 0 Å². The molecule has 0 unspecified atom stereocenters. The fourth-order valence-corrected chi connectivity index (χ4v) is 7.88. The van der Waals surface area contributed by atoms with Crippen molar-refractivity contribution in [2.75, 3.05) is 72.1 Å². The molecule has 2 aromatic heterocycles. The topological polar surface area (TPSA) is 350 Å². The molecule has 3 aromatic rings. The summed E-state index contributed by atoms with van der Waals surface area (Å²) in [6.45, 7) is 13.5. The zero-order chi connectivity index (χ0) is 56.0. The molecule has 0 aliphatic carbocycles. The van der Waals surface area contributed by atoms with Gasteiger partial charge in [-0.2, -0.15) is 0 Å². The van der Waals surface area contributed by atoms with Crippen LogP contribution in [0.3, 0.4) is 0 Å². The summed E-state index contributed by atoms with van der Waals surface area (Å²) >= 11 is 0. The quantitative estimate of drug-likeness (QED) is 0.0300. The molecule has 0 aliphatic rings. The van der Waals surface area contributed by atoms with Gasteiger partial charge in [0, 0.05) is 71.0 Å². The van der Waals surface area contributed by atoms with E-state index in [2.05, 4.69) is 75.4 Å². The van der Waals surface area contributed by atoms with Crippen molar-refractivity contribution in [3.05, 3.63) is 59.7 Å². The van der Waals surface area contributed by atoms with Crippen LogP contribution in [0.25, 0.3) is 0 Å². The molecular weight excluding hydrogens is 991 g/mol. The predicted octanol–water partition coefficient (Wildman–Crippen LogP) is -1.10. The SMILES string of the molecule is CCCCCNC(=O)[C@H](CC(=O)NCCNCCN)NC(=O)[C@@H](CC(=O)NCCNCCCN)NC(=O)[C@H](CC(C)C)NC(=O)[C@@H](Cc1ccccc1)NC(=O)CCCc1cn(CCOCCn2cc(CCC)nn2)nn1. The van der Waals surface area contributed by atoms with Crippen molar-refractivity contribution in [2.45, 2.75) is 148 Å². The first kappa shape index (κ1) is 64.9. The molecule has 0 bridgehead atoms. The average molecular weight is 1080 g/mol. The summed E-state index contributed by atoms with van der Waals surface area (Å²) in [6, 6.07) is 3.90. The van der Waals surface area contributed by atoms with Gasteiger partial charge in [0.2, 0.25) is 41.4 Å². The number of nitrogens with one attached hydrogen (secondary N) is 9. The zero-order valence-electron chi connectivity index (χ0n) is 45.9. The van der Waals surface area contributed by atoms with E-state index in [1.165, 1.54) is 0 Å². The molecule has 0 saturated heterocycles. The summed E-state index contributed by atoms with van der Waals surface area (Å²) in [4.78, 5) is 96.5. The van der Waals surface area contributed by atoms with Gasteiger partial charge >= 0.3 is 0 Å². The number of nitrogens with zero attached hydrogens (tertiary/aromatic N) is 6. The molecule has 2 heterocycles. The van der Waals surface area contributed by atoms with Gasteiger partial charge in [-0.05, 0) is 63.1 Å².